The van der Waals surface area contributed by atoms with E-state index in [1.807, 2.05) is 18.2 Å². The molecular weight excluding hydrogens is 342 g/mol. The van der Waals surface area contributed by atoms with Crippen molar-refractivity contribution in [3.05, 3.63) is 45.9 Å². The second kappa shape index (κ2) is 7.11. The first-order chi connectivity index (χ1) is 9.65. The van der Waals surface area contributed by atoms with Gasteiger partial charge in [0.05, 0.1) is 35.9 Å². The molecule has 0 spiro atoms. The molecule has 0 aliphatic heterocycles. The van der Waals surface area contributed by atoms with Gasteiger partial charge in [0.15, 0.2) is 0 Å². The Balaban J connectivity index is 2.19. The lowest BCUT2D eigenvalue weighted by Gasteiger charge is -2.19. The van der Waals surface area contributed by atoms with E-state index in [1.54, 1.807) is 12.5 Å². The van der Waals surface area contributed by atoms with Crippen molar-refractivity contribution >= 4 is 33.2 Å². The summed E-state index contributed by atoms with van der Waals surface area (Å²) in [4.78, 5) is 4.16. The van der Waals surface area contributed by atoms with E-state index in [1.165, 1.54) is 0 Å². The van der Waals surface area contributed by atoms with E-state index in [9.17, 15) is 5.11 Å². The van der Waals surface area contributed by atoms with Gasteiger partial charge in [-0.2, -0.15) is 0 Å². The van der Waals surface area contributed by atoms with Crippen molar-refractivity contribution in [2.45, 2.75) is 25.9 Å². The summed E-state index contributed by atoms with van der Waals surface area (Å²) in [5.74, 6) is 0. The molecule has 0 aliphatic carbocycles. The van der Waals surface area contributed by atoms with Crippen LogP contribution in [0.3, 0.4) is 0 Å². The van der Waals surface area contributed by atoms with Gasteiger partial charge in [0.2, 0.25) is 0 Å². The van der Waals surface area contributed by atoms with Crippen molar-refractivity contribution in [2.24, 2.45) is 0 Å². The summed E-state index contributed by atoms with van der Waals surface area (Å²) in [7, 11) is 0. The van der Waals surface area contributed by atoms with Crippen LogP contribution in [0.25, 0.3) is 0 Å². The van der Waals surface area contributed by atoms with E-state index >= 15 is 0 Å². The number of imidazole rings is 1. The molecule has 2 N–H and O–H groups in total. The van der Waals surface area contributed by atoms with Crippen LogP contribution in [0.1, 0.15) is 25.1 Å². The van der Waals surface area contributed by atoms with Crippen molar-refractivity contribution in [3.63, 3.8) is 0 Å². The number of nitrogens with zero attached hydrogens (tertiary/aromatic N) is 2. The topological polar surface area (TPSA) is 50.1 Å². The fourth-order valence-electron chi connectivity index (χ4n) is 2.05. The maximum Gasteiger partial charge on any atom is 0.0948 e. The minimum atomic E-state index is -0.197. The number of aliphatic hydroxyl groups is 1. The molecule has 2 rings (SSSR count). The fourth-order valence-corrected chi connectivity index (χ4v) is 2.55. The minimum Gasteiger partial charge on any atom is -0.394 e. The highest BCUT2D eigenvalue weighted by atomic mass is 79.9. The van der Waals surface area contributed by atoms with Gasteiger partial charge in [0.25, 0.3) is 0 Å². The predicted octanol–water partition coefficient (Wildman–Crippen LogP) is 3.85. The zero-order valence-corrected chi connectivity index (χ0v) is 13.5. The van der Waals surface area contributed by atoms with Gasteiger partial charge in [0, 0.05) is 16.7 Å². The van der Waals surface area contributed by atoms with Gasteiger partial charge in [-0.05, 0) is 40.5 Å². The summed E-state index contributed by atoms with van der Waals surface area (Å²) < 4.78 is 2.88. The molecule has 4 nitrogen and oxygen atoms in total. The molecule has 1 unspecified atom stereocenters. The van der Waals surface area contributed by atoms with Crippen LogP contribution in [0.2, 0.25) is 5.02 Å². The van der Waals surface area contributed by atoms with E-state index in [4.69, 9.17) is 11.6 Å². The third-order valence-electron chi connectivity index (χ3n) is 3.01. The SMILES string of the molecule is CCCn1cncc1C(CO)Nc1ccc(Cl)c(Br)c1. The highest BCUT2D eigenvalue weighted by molar-refractivity contribution is 9.10. The number of aromatic nitrogens is 2. The lowest BCUT2D eigenvalue weighted by molar-refractivity contribution is 0.271. The van der Waals surface area contributed by atoms with Gasteiger partial charge in [-0.3, -0.25) is 0 Å². The number of aliphatic hydroxyl groups excluding tert-OH is 1. The van der Waals surface area contributed by atoms with Crippen LogP contribution in [-0.4, -0.2) is 21.3 Å². The standard InChI is InChI=1S/C14H17BrClN3O/c1-2-5-19-9-17-7-14(19)13(8-20)18-10-3-4-12(16)11(15)6-10/h3-4,6-7,9,13,18,20H,2,5,8H2,1H3. The lowest BCUT2D eigenvalue weighted by atomic mass is 10.2. The number of rotatable bonds is 6. The molecule has 0 bridgehead atoms. The first-order valence-corrected chi connectivity index (χ1v) is 7.65. The molecule has 1 aromatic carbocycles. The zero-order valence-electron chi connectivity index (χ0n) is 11.2. The molecule has 1 heterocycles. The smallest absolute Gasteiger partial charge is 0.0948 e. The van der Waals surface area contributed by atoms with Crippen molar-refractivity contribution in [3.8, 4) is 0 Å². The summed E-state index contributed by atoms with van der Waals surface area (Å²) in [6.45, 7) is 2.99. The van der Waals surface area contributed by atoms with Gasteiger partial charge < -0.3 is 15.0 Å². The first-order valence-electron chi connectivity index (χ1n) is 6.48. The Bertz CT molecular complexity index is 573. The van der Waals surface area contributed by atoms with E-state index in [0.717, 1.165) is 28.8 Å². The number of aryl methyl sites for hydroxylation is 1. The Labute approximate surface area is 131 Å². The number of hydrogen-bond donors (Lipinski definition) is 2. The van der Waals surface area contributed by atoms with Gasteiger partial charge >= 0.3 is 0 Å². The van der Waals surface area contributed by atoms with Crippen molar-refractivity contribution in [2.75, 3.05) is 11.9 Å². The number of halogens is 2. The van der Waals surface area contributed by atoms with Crippen molar-refractivity contribution in [1.29, 1.82) is 0 Å². The highest BCUT2D eigenvalue weighted by Crippen LogP contribution is 2.27. The Hall–Kier alpha value is -1.04. The maximum atomic E-state index is 9.63. The Morgan fingerprint density at radius 3 is 2.95 bits per heavy atom. The van der Waals surface area contributed by atoms with Crippen LogP contribution in [-0.2, 0) is 6.54 Å². The molecule has 0 fully saturated rings. The van der Waals surface area contributed by atoms with Crippen molar-refractivity contribution < 1.29 is 5.11 Å². The third-order valence-corrected chi connectivity index (χ3v) is 4.22. The molecule has 108 valence electrons. The Morgan fingerprint density at radius 1 is 1.50 bits per heavy atom. The Morgan fingerprint density at radius 2 is 2.30 bits per heavy atom. The average molecular weight is 359 g/mol. The quantitative estimate of drug-likeness (QED) is 0.824. The predicted molar refractivity (Wildman–Crippen MR) is 85.1 cm³/mol. The third kappa shape index (κ3) is 3.53. The van der Waals surface area contributed by atoms with E-state index in [-0.39, 0.29) is 12.6 Å². The molecule has 2 aromatic rings. The highest BCUT2D eigenvalue weighted by Gasteiger charge is 2.15. The van der Waals surface area contributed by atoms with E-state index < -0.39 is 0 Å². The molecule has 0 saturated heterocycles. The second-order valence-electron chi connectivity index (χ2n) is 4.52. The molecule has 6 heteroatoms. The summed E-state index contributed by atoms with van der Waals surface area (Å²) >= 11 is 9.37. The minimum absolute atomic E-state index is 0.00431. The molecular formula is C14H17BrClN3O. The van der Waals surface area contributed by atoms with E-state index in [0.29, 0.717) is 5.02 Å². The summed E-state index contributed by atoms with van der Waals surface area (Å²) in [6.07, 6.45) is 4.60. The fraction of sp³-hybridized carbons (Fsp3) is 0.357. The number of benzene rings is 1. The number of anilines is 1. The monoisotopic (exact) mass is 357 g/mol. The Kier molecular flexibility index (Phi) is 5.46. The normalized spacial score (nSPS) is 12.4. The molecule has 20 heavy (non-hydrogen) atoms. The summed E-state index contributed by atoms with van der Waals surface area (Å²) in [5, 5.41) is 13.6. The van der Waals surface area contributed by atoms with Crippen molar-refractivity contribution in [1.82, 2.24) is 9.55 Å². The molecule has 0 amide bonds. The van der Waals surface area contributed by atoms with Crippen LogP contribution in [0.15, 0.2) is 35.2 Å². The van der Waals surface area contributed by atoms with Crippen LogP contribution in [0, 0.1) is 0 Å². The number of nitrogens with one attached hydrogen (secondary N) is 1. The first kappa shape index (κ1) is 15.4. The van der Waals surface area contributed by atoms with Crippen LogP contribution in [0.4, 0.5) is 5.69 Å². The van der Waals surface area contributed by atoms with Gasteiger partial charge in [-0.15, -0.1) is 0 Å². The van der Waals surface area contributed by atoms with E-state index in [2.05, 4.69) is 37.7 Å². The summed E-state index contributed by atoms with van der Waals surface area (Å²) in [6, 6.07) is 5.39. The zero-order chi connectivity index (χ0) is 14.5. The van der Waals surface area contributed by atoms with Gasteiger partial charge in [-0.1, -0.05) is 18.5 Å². The molecule has 1 atom stereocenters. The van der Waals surface area contributed by atoms with Crippen LogP contribution in [0.5, 0.6) is 0 Å². The largest absolute Gasteiger partial charge is 0.394 e. The van der Waals surface area contributed by atoms with Gasteiger partial charge in [0.1, 0.15) is 0 Å². The number of hydrogen-bond acceptors (Lipinski definition) is 3. The average Bonchev–Trinajstić information content (AvgIpc) is 2.88. The lowest BCUT2D eigenvalue weighted by Crippen LogP contribution is -2.18. The molecule has 0 aliphatic rings. The van der Waals surface area contributed by atoms with Crippen LogP contribution < -0.4 is 5.32 Å². The molecule has 0 saturated carbocycles. The second-order valence-corrected chi connectivity index (χ2v) is 5.78. The van der Waals surface area contributed by atoms with Gasteiger partial charge in [-0.25, -0.2) is 4.98 Å². The van der Waals surface area contributed by atoms with Crippen LogP contribution >= 0.6 is 27.5 Å². The maximum absolute atomic E-state index is 9.63. The molecule has 1 aromatic heterocycles. The molecule has 0 radical (unpaired) electrons. The summed E-state index contributed by atoms with van der Waals surface area (Å²) in [5.41, 5.74) is 1.87.